The summed E-state index contributed by atoms with van der Waals surface area (Å²) in [5.74, 6) is 3.37. The van der Waals surface area contributed by atoms with Gasteiger partial charge in [0.15, 0.2) is 0 Å². The zero-order chi connectivity index (χ0) is 17.7. The number of esters is 1. The van der Waals surface area contributed by atoms with Crippen molar-refractivity contribution in [2.75, 3.05) is 0 Å². The molecule has 2 heterocycles. The Morgan fingerprint density at radius 3 is 2.62 bits per heavy atom. The first-order valence-corrected chi connectivity index (χ1v) is 11.4. The Morgan fingerprint density at radius 1 is 0.885 bits per heavy atom. The number of hydrogen-bond donors (Lipinski definition) is 0. The number of hydrogen-bond acceptors (Lipinski definition) is 3. The molecule has 0 amide bonds. The van der Waals surface area contributed by atoms with Gasteiger partial charge in [-0.1, -0.05) is 26.7 Å². The molecule has 0 aromatic carbocycles. The van der Waals surface area contributed by atoms with Gasteiger partial charge in [-0.2, -0.15) is 0 Å². The van der Waals surface area contributed by atoms with E-state index in [4.69, 9.17) is 9.47 Å². The molecule has 0 aromatic rings. The molecule has 144 valence electrons. The SMILES string of the molecule is C[C@]12CCCCC1CC[C@@H]1[C@@H]2CC[C@]2(C)[C@@H]3CC[C@]12OC1OC(=O)C[C@@H]13. The smallest absolute Gasteiger partial charge is 0.308 e. The van der Waals surface area contributed by atoms with Gasteiger partial charge in [-0.3, -0.25) is 4.79 Å². The number of carbonyl (C=O) groups excluding carboxylic acids is 1. The molecule has 4 aliphatic carbocycles. The average Bonchev–Trinajstić information content (AvgIpc) is 3.06. The van der Waals surface area contributed by atoms with Crippen LogP contribution in [0.4, 0.5) is 0 Å². The lowest BCUT2D eigenvalue weighted by atomic mass is 9.42. The van der Waals surface area contributed by atoms with Crippen molar-refractivity contribution in [2.45, 2.75) is 96.4 Å². The van der Waals surface area contributed by atoms with Crippen molar-refractivity contribution < 1.29 is 14.3 Å². The van der Waals surface area contributed by atoms with Crippen LogP contribution < -0.4 is 0 Å². The molecular weight excluding hydrogens is 324 g/mol. The summed E-state index contributed by atoms with van der Waals surface area (Å²) in [6.07, 6.45) is 14.0. The molecular formula is C23H34O3. The van der Waals surface area contributed by atoms with Crippen LogP contribution in [0.25, 0.3) is 0 Å². The molecule has 0 radical (unpaired) electrons. The van der Waals surface area contributed by atoms with Gasteiger partial charge in [0.1, 0.15) is 0 Å². The number of rotatable bonds is 0. The van der Waals surface area contributed by atoms with Crippen LogP contribution in [0.1, 0.15) is 84.5 Å². The summed E-state index contributed by atoms with van der Waals surface area (Å²) >= 11 is 0. The number of carbonyl (C=O) groups is 1. The molecule has 2 unspecified atom stereocenters. The van der Waals surface area contributed by atoms with E-state index in [1.54, 1.807) is 0 Å². The Hall–Kier alpha value is -0.570. The first-order chi connectivity index (χ1) is 12.5. The van der Waals surface area contributed by atoms with Crippen molar-refractivity contribution in [1.82, 2.24) is 0 Å². The fraction of sp³-hybridized carbons (Fsp3) is 0.957. The van der Waals surface area contributed by atoms with Gasteiger partial charge in [-0.15, -0.1) is 0 Å². The maximum Gasteiger partial charge on any atom is 0.308 e. The third-order valence-electron chi connectivity index (χ3n) is 10.6. The monoisotopic (exact) mass is 358 g/mol. The highest BCUT2D eigenvalue weighted by Gasteiger charge is 2.73. The largest absolute Gasteiger partial charge is 0.435 e. The summed E-state index contributed by atoms with van der Waals surface area (Å²) in [6.45, 7) is 5.15. The van der Waals surface area contributed by atoms with E-state index < -0.39 is 0 Å². The van der Waals surface area contributed by atoms with Gasteiger partial charge in [-0.25, -0.2) is 0 Å². The van der Waals surface area contributed by atoms with E-state index in [9.17, 15) is 4.79 Å². The molecule has 3 heteroatoms. The van der Waals surface area contributed by atoms with E-state index in [1.807, 2.05) is 0 Å². The van der Waals surface area contributed by atoms with E-state index >= 15 is 0 Å². The molecule has 0 spiro atoms. The normalized spacial score (nSPS) is 60.5. The lowest BCUT2D eigenvalue weighted by Crippen LogP contribution is -2.66. The Morgan fingerprint density at radius 2 is 1.73 bits per heavy atom. The minimum atomic E-state index is -0.237. The maximum absolute atomic E-state index is 12.0. The minimum Gasteiger partial charge on any atom is -0.435 e. The summed E-state index contributed by atoms with van der Waals surface area (Å²) in [4.78, 5) is 12.0. The predicted molar refractivity (Wildman–Crippen MR) is 98.1 cm³/mol. The van der Waals surface area contributed by atoms with Crippen LogP contribution in [0, 0.1) is 40.4 Å². The summed E-state index contributed by atoms with van der Waals surface area (Å²) in [7, 11) is 0. The van der Waals surface area contributed by atoms with Crippen molar-refractivity contribution in [1.29, 1.82) is 0 Å². The summed E-state index contributed by atoms with van der Waals surface area (Å²) < 4.78 is 12.6. The third-order valence-corrected chi connectivity index (χ3v) is 10.6. The predicted octanol–water partition coefficient (Wildman–Crippen LogP) is 5.08. The first-order valence-electron chi connectivity index (χ1n) is 11.4. The zero-order valence-corrected chi connectivity index (χ0v) is 16.5. The second-order valence-electron chi connectivity index (χ2n) is 11.1. The molecule has 6 rings (SSSR count). The molecule has 26 heavy (non-hydrogen) atoms. The number of fused-ring (bicyclic) bond motifs is 5. The molecule has 6 aliphatic rings. The third kappa shape index (κ3) is 1.73. The second kappa shape index (κ2) is 5.07. The van der Waals surface area contributed by atoms with Crippen molar-refractivity contribution in [3.63, 3.8) is 0 Å². The van der Waals surface area contributed by atoms with Gasteiger partial charge in [0, 0.05) is 11.3 Å². The van der Waals surface area contributed by atoms with Gasteiger partial charge < -0.3 is 9.47 Å². The highest BCUT2D eigenvalue weighted by atomic mass is 16.7. The highest BCUT2D eigenvalue weighted by Crippen LogP contribution is 2.73. The van der Waals surface area contributed by atoms with Crippen LogP contribution >= 0.6 is 0 Å². The summed E-state index contributed by atoms with van der Waals surface area (Å²) in [5.41, 5.74) is 0.779. The molecule has 3 nitrogen and oxygen atoms in total. The molecule has 2 aliphatic heterocycles. The quantitative estimate of drug-likeness (QED) is 0.567. The minimum absolute atomic E-state index is 0.0161. The van der Waals surface area contributed by atoms with E-state index in [0.717, 1.165) is 11.8 Å². The first kappa shape index (κ1) is 16.4. The maximum atomic E-state index is 12.0. The second-order valence-corrected chi connectivity index (χ2v) is 11.1. The van der Waals surface area contributed by atoms with Crippen molar-refractivity contribution in [2.24, 2.45) is 40.4 Å². The summed E-state index contributed by atoms with van der Waals surface area (Å²) in [5, 5.41) is 0. The Kier molecular flexibility index (Phi) is 3.20. The molecule has 0 aromatic heterocycles. The Bertz CT molecular complexity index is 645. The van der Waals surface area contributed by atoms with Gasteiger partial charge in [0.05, 0.1) is 12.0 Å². The van der Waals surface area contributed by atoms with Crippen LogP contribution in [-0.4, -0.2) is 17.9 Å². The molecule has 9 atom stereocenters. The van der Waals surface area contributed by atoms with E-state index in [-0.39, 0.29) is 23.3 Å². The summed E-state index contributed by atoms with van der Waals surface area (Å²) in [6, 6.07) is 0. The fourth-order valence-electron chi connectivity index (χ4n) is 9.44. The topological polar surface area (TPSA) is 35.5 Å². The molecule has 4 saturated carbocycles. The van der Waals surface area contributed by atoms with Crippen LogP contribution in [0.3, 0.4) is 0 Å². The van der Waals surface area contributed by atoms with Crippen LogP contribution in [0.15, 0.2) is 0 Å². The lowest BCUT2D eigenvalue weighted by Gasteiger charge is -2.66. The van der Waals surface area contributed by atoms with E-state index in [1.165, 1.54) is 64.2 Å². The molecule has 6 fully saturated rings. The van der Waals surface area contributed by atoms with Crippen LogP contribution in [0.2, 0.25) is 0 Å². The van der Waals surface area contributed by atoms with Crippen LogP contribution in [0.5, 0.6) is 0 Å². The van der Waals surface area contributed by atoms with Gasteiger partial charge in [0.25, 0.3) is 0 Å². The zero-order valence-electron chi connectivity index (χ0n) is 16.5. The Labute approximate surface area is 157 Å². The lowest BCUT2D eigenvalue weighted by molar-refractivity contribution is -0.321. The van der Waals surface area contributed by atoms with Gasteiger partial charge in [0.2, 0.25) is 6.29 Å². The molecule has 0 N–H and O–H groups in total. The van der Waals surface area contributed by atoms with E-state index in [2.05, 4.69) is 13.8 Å². The average molecular weight is 359 g/mol. The van der Waals surface area contributed by atoms with Gasteiger partial charge in [-0.05, 0) is 80.5 Å². The Balaban J connectivity index is 1.41. The molecule has 2 saturated heterocycles. The number of ether oxygens (including phenoxy) is 2. The molecule has 2 bridgehead atoms. The van der Waals surface area contributed by atoms with Crippen molar-refractivity contribution in [3.8, 4) is 0 Å². The van der Waals surface area contributed by atoms with Gasteiger partial charge >= 0.3 is 5.97 Å². The standard InChI is InChI=1S/C23H34O3/c1-21-10-4-3-5-14(21)6-7-18-17(21)8-11-22(2)16-9-12-23(18,22)26-20-15(16)13-19(24)25-20/h14-18,20H,3-13H2,1-2H3/t14?,15-,16-,17+,18-,20?,21+,22-,23+/m1/s1. The van der Waals surface area contributed by atoms with Crippen molar-refractivity contribution in [3.05, 3.63) is 0 Å². The fourth-order valence-corrected chi connectivity index (χ4v) is 9.44. The van der Waals surface area contributed by atoms with E-state index in [0.29, 0.717) is 29.6 Å². The highest BCUT2D eigenvalue weighted by molar-refractivity contribution is 5.72. The van der Waals surface area contributed by atoms with Crippen molar-refractivity contribution >= 4 is 5.97 Å². The van der Waals surface area contributed by atoms with Crippen LogP contribution in [-0.2, 0) is 14.3 Å².